The molecule has 0 spiro atoms. The maximum Gasteiger partial charge on any atom is 0.261 e. The van der Waals surface area contributed by atoms with E-state index in [-0.39, 0.29) is 24.0 Å². The largest absolute Gasteiger partial charge is 0.395 e. The number of aryl methyl sites for hydroxylation is 1. The van der Waals surface area contributed by atoms with E-state index in [0.717, 1.165) is 39.0 Å². The van der Waals surface area contributed by atoms with Gasteiger partial charge in [0.2, 0.25) is 5.91 Å². The molecular weight excluding hydrogens is 534 g/mol. The number of β-amino-alcohol motifs (C(OH)–C–C–N with tert-alkyl or cyclic N) is 1. The summed E-state index contributed by atoms with van der Waals surface area (Å²) in [6.07, 6.45) is 4.46. The second-order valence-electron chi connectivity index (χ2n) is 9.71. The van der Waals surface area contributed by atoms with E-state index in [4.69, 9.17) is 5.11 Å². The topological polar surface area (TPSA) is 115 Å². The summed E-state index contributed by atoms with van der Waals surface area (Å²) in [5.41, 5.74) is 2.97. The Bertz CT molecular complexity index is 1320. The molecule has 11 heteroatoms. The highest BCUT2D eigenvalue weighted by atomic mass is 32.2. The number of unbranched alkanes of at least 4 members (excludes halogenated alkanes) is 2. The van der Waals surface area contributed by atoms with E-state index < -0.39 is 10.0 Å². The molecule has 0 bridgehead atoms. The average molecular weight is 572 g/mol. The number of nitrogens with zero attached hydrogens (tertiary/aromatic N) is 3. The molecule has 3 N–H and O–H groups in total. The van der Waals surface area contributed by atoms with E-state index >= 15 is 0 Å². The molecule has 2 aromatic carbocycles. The number of hydrogen-bond donors (Lipinski definition) is 3. The van der Waals surface area contributed by atoms with Crippen molar-refractivity contribution in [2.75, 3.05) is 55.9 Å². The van der Waals surface area contributed by atoms with Crippen molar-refractivity contribution >= 4 is 38.1 Å². The monoisotopic (exact) mass is 571 g/mol. The van der Waals surface area contributed by atoms with Gasteiger partial charge in [-0.25, -0.2) is 13.4 Å². The van der Waals surface area contributed by atoms with E-state index in [1.54, 1.807) is 41.8 Å². The van der Waals surface area contributed by atoms with Crippen molar-refractivity contribution in [3.05, 3.63) is 59.5 Å². The Labute approximate surface area is 234 Å². The van der Waals surface area contributed by atoms with Gasteiger partial charge in [-0.05, 0) is 42.7 Å². The molecule has 9 nitrogen and oxygen atoms in total. The standard InChI is InChI=1S/C28H37N5O4S2/c1-2-3-4-6-22-9-11-24(12-10-22)31-39(36,37)25-8-5-7-23(19-25)26-21-38-28(29-26)30-27(35)20-33-15-13-32(14-16-33)17-18-34/h5,7-12,19,21,31,34H,2-4,6,13-18,20H2,1H3,(H,29,30,35). The number of thiazole rings is 1. The van der Waals surface area contributed by atoms with Crippen LogP contribution in [0.3, 0.4) is 0 Å². The number of aliphatic hydroxyl groups excluding tert-OH is 1. The fourth-order valence-corrected chi connectivity index (χ4v) is 6.33. The van der Waals surface area contributed by atoms with Crippen molar-refractivity contribution < 1.29 is 18.3 Å². The van der Waals surface area contributed by atoms with Crippen LogP contribution >= 0.6 is 11.3 Å². The number of hydrogen-bond acceptors (Lipinski definition) is 8. The molecule has 210 valence electrons. The van der Waals surface area contributed by atoms with E-state index in [2.05, 4.69) is 31.7 Å². The second-order valence-corrected chi connectivity index (χ2v) is 12.3. The Balaban J connectivity index is 1.34. The smallest absolute Gasteiger partial charge is 0.261 e. The molecule has 0 atom stereocenters. The predicted molar refractivity (Wildman–Crippen MR) is 157 cm³/mol. The molecule has 39 heavy (non-hydrogen) atoms. The minimum absolute atomic E-state index is 0.136. The molecule has 1 saturated heterocycles. The number of sulfonamides is 1. The first-order valence-electron chi connectivity index (χ1n) is 13.4. The van der Waals surface area contributed by atoms with Crippen LogP contribution in [-0.2, 0) is 21.2 Å². The van der Waals surface area contributed by atoms with Gasteiger partial charge in [-0.15, -0.1) is 11.3 Å². The van der Waals surface area contributed by atoms with Crippen LogP contribution in [0.1, 0.15) is 31.7 Å². The highest BCUT2D eigenvalue weighted by molar-refractivity contribution is 7.92. The molecule has 3 aromatic rings. The third-order valence-corrected chi connectivity index (χ3v) is 8.85. The SMILES string of the molecule is CCCCCc1ccc(NS(=O)(=O)c2cccc(-c3csc(NC(=O)CN4CCN(CCO)CC4)n3)c2)cc1. The molecule has 1 amide bonds. The molecule has 0 saturated carbocycles. The van der Waals surface area contributed by atoms with Gasteiger partial charge in [0.05, 0.1) is 23.7 Å². The van der Waals surface area contributed by atoms with Crippen LogP contribution in [0.25, 0.3) is 11.3 Å². The lowest BCUT2D eigenvalue weighted by Crippen LogP contribution is -2.49. The van der Waals surface area contributed by atoms with Gasteiger partial charge in [0.25, 0.3) is 10.0 Å². The molecule has 0 unspecified atom stereocenters. The number of carbonyl (C=O) groups is 1. The quantitative estimate of drug-likeness (QED) is 0.267. The van der Waals surface area contributed by atoms with Gasteiger partial charge in [-0.2, -0.15) is 0 Å². The van der Waals surface area contributed by atoms with Gasteiger partial charge in [-0.3, -0.25) is 19.3 Å². The zero-order valence-corrected chi connectivity index (χ0v) is 23.9. The number of anilines is 2. The fourth-order valence-electron chi connectivity index (χ4n) is 4.49. The van der Waals surface area contributed by atoms with Gasteiger partial charge in [0.15, 0.2) is 5.13 Å². The summed E-state index contributed by atoms with van der Waals surface area (Å²) in [6, 6.07) is 14.2. The van der Waals surface area contributed by atoms with Gasteiger partial charge in [-0.1, -0.05) is 44.0 Å². The van der Waals surface area contributed by atoms with Crippen molar-refractivity contribution in [1.82, 2.24) is 14.8 Å². The van der Waals surface area contributed by atoms with E-state index in [1.165, 1.54) is 29.7 Å². The van der Waals surface area contributed by atoms with Gasteiger partial charge in [0.1, 0.15) is 0 Å². The molecule has 1 aromatic heterocycles. The zero-order valence-electron chi connectivity index (χ0n) is 22.3. The molecule has 1 aliphatic heterocycles. The number of amides is 1. The summed E-state index contributed by atoms with van der Waals surface area (Å²) in [5.74, 6) is -0.136. The number of benzene rings is 2. The molecule has 1 fully saturated rings. The number of carbonyl (C=O) groups excluding carboxylic acids is 1. The zero-order chi connectivity index (χ0) is 27.7. The van der Waals surface area contributed by atoms with Crippen LogP contribution in [0.2, 0.25) is 0 Å². The Morgan fingerprint density at radius 1 is 1.05 bits per heavy atom. The maximum absolute atomic E-state index is 13.1. The molecule has 2 heterocycles. The van der Waals surface area contributed by atoms with Crippen LogP contribution in [0.4, 0.5) is 10.8 Å². The Hall–Kier alpha value is -2.83. The molecule has 4 rings (SSSR count). The van der Waals surface area contributed by atoms with Crippen LogP contribution in [0.5, 0.6) is 0 Å². The lowest BCUT2D eigenvalue weighted by Gasteiger charge is -2.33. The summed E-state index contributed by atoms with van der Waals surface area (Å²) in [5, 5.41) is 14.2. The van der Waals surface area contributed by atoms with Crippen molar-refractivity contribution in [3.8, 4) is 11.3 Å². The molecular formula is C28H37N5O4S2. The van der Waals surface area contributed by atoms with Crippen LogP contribution in [0.15, 0.2) is 58.8 Å². The van der Waals surface area contributed by atoms with Crippen LogP contribution in [-0.4, -0.2) is 80.1 Å². The highest BCUT2D eigenvalue weighted by Crippen LogP contribution is 2.27. The normalized spacial score (nSPS) is 14.8. The molecule has 0 aliphatic carbocycles. The van der Waals surface area contributed by atoms with E-state index in [9.17, 15) is 13.2 Å². The van der Waals surface area contributed by atoms with Gasteiger partial charge >= 0.3 is 0 Å². The van der Waals surface area contributed by atoms with Crippen molar-refractivity contribution in [2.24, 2.45) is 0 Å². The summed E-state index contributed by atoms with van der Waals surface area (Å²) >= 11 is 1.30. The van der Waals surface area contributed by atoms with Crippen molar-refractivity contribution in [3.63, 3.8) is 0 Å². The average Bonchev–Trinajstić information content (AvgIpc) is 3.39. The third kappa shape index (κ3) is 8.58. The lowest BCUT2D eigenvalue weighted by molar-refractivity contribution is -0.117. The van der Waals surface area contributed by atoms with Crippen LogP contribution in [0, 0.1) is 0 Å². The number of aliphatic hydroxyl groups is 1. The first-order valence-corrected chi connectivity index (χ1v) is 15.8. The Kier molecular flexibility index (Phi) is 10.5. The van der Waals surface area contributed by atoms with E-state index in [1.807, 2.05) is 12.1 Å². The lowest BCUT2D eigenvalue weighted by atomic mass is 10.1. The predicted octanol–water partition coefficient (Wildman–Crippen LogP) is 3.89. The number of aromatic nitrogens is 1. The van der Waals surface area contributed by atoms with Crippen LogP contribution < -0.4 is 10.0 Å². The highest BCUT2D eigenvalue weighted by Gasteiger charge is 2.20. The van der Waals surface area contributed by atoms with Gasteiger partial charge < -0.3 is 10.4 Å². The second kappa shape index (κ2) is 14.0. The number of rotatable bonds is 13. The summed E-state index contributed by atoms with van der Waals surface area (Å²) < 4.78 is 28.8. The summed E-state index contributed by atoms with van der Waals surface area (Å²) in [6.45, 7) is 6.45. The van der Waals surface area contributed by atoms with Gasteiger partial charge in [0, 0.05) is 49.4 Å². The van der Waals surface area contributed by atoms with Crippen molar-refractivity contribution in [1.29, 1.82) is 0 Å². The summed E-state index contributed by atoms with van der Waals surface area (Å²) in [7, 11) is -3.78. The first kappa shape index (κ1) is 29.2. The Morgan fingerprint density at radius 2 is 1.79 bits per heavy atom. The summed E-state index contributed by atoms with van der Waals surface area (Å²) in [4.78, 5) is 21.5. The minimum atomic E-state index is -3.78. The minimum Gasteiger partial charge on any atom is -0.395 e. The molecule has 1 aliphatic rings. The number of nitrogens with one attached hydrogen (secondary N) is 2. The fraction of sp³-hybridized carbons (Fsp3) is 0.429. The number of piperazine rings is 1. The van der Waals surface area contributed by atoms with Crippen molar-refractivity contribution in [2.45, 2.75) is 37.5 Å². The molecule has 0 radical (unpaired) electrons. The third-order valence-electron chi connectivity index (χ3n) is 6.71. The maximum atomic E-state index is 13.1. The Morgan fingerprint density at radius 3 is 2.51 bits per heavy atom. The van der Waals surface area contributed by atoms with E-state index in [0.29, 0.717) is 28.6 Å². The first-order chi connectivity index (χ1) is 18.9.